The van der Waals surface area contributed by atoms with Crippen molar-refractivity contribution < 1.29 is 28.3 Å². The predicted octanol–water partition coefficient (Wildman–Crippen LogP) is 5.27. The van der Waals surface area contributed by atoms with Crippen LogP contribution in [0.2, 0.25) is 0 Å². The highest BCUT2D eigenvalue weighted by Gasteiger charge is 2.35. The maximum atomic E-state index is 12.7. The van der Waals surface area contributed by atoms with Gasteiger partial charge in [-0.2, -0.15) is 0 Å². The van der Waals surface area contributed by atoms with Gasteiger partial charge in [0.2, 0.25) is 0 Å². The maximum Gasteiger partial charge on any atom is 0.293 e. The predicted molar refractivity (Wildman–Crippen MR) is 125 cm³/mol. The Morgan fingerprint density at radius 2 is 1.76 bits per heavy atom. The lowest BCUT2D eigenvalue weighted by Crippen LogP contribution is -2.32. The number of ketones is 1. The summed E-state index contributed by atoms with van der Waals surface area (Å²) in [5.74, 6) is 1.78. The number of furan rings is 1. The molecule has 0 spiro atoms. The molecule has 3 aromatic rings. The number of Topliss-reactive ketones (excluding diaryl/α,β-unsaturated/α-hetero) is 1. The molecule has 2 aromatic carbocycles. The fourth-order valence-corrected chi connectivity index (χ4v) is 4.11. The molecular formula is C25H21NO6S. The quantitative estimate of drug-likeness (QED) is 0.332. The van der Waals surface area contributed by atoms with Gasteiger partial charge in [0.15, 0.2) is 17.3 Å². The molecule has 0 saturated carbocycles. The molecule has 2 amide bonds. The molecule has 0 bridgehead atoms. The van der Waals surface area contributed by atoms with Crippen LogP contribution in [0, 0.1) is 0 Å². The van der Waals surface area contributed by atoms with Crippen molar-refractivity contribution in [3.05, 3.63) is 76.9 Å². The van der Waals surface area contributed by atoms with Crippen LogP contribution in [0.4, 0.5) is 4.79 Å². The van der Waals surface area contributed by atoms with E-state index >= 15 is 0 Å². The van der Waals surface area contributed by atoms with Crippen LogP contribution in [0.3, 0.4) is 0 Å². The summed E-state index contributed by atoms with van der Waals surface area (Å²) in [6.45, 7) is 1.77. The van der Waals surface area contributed by atoms with Crippen molar-refractivity contribution >= 4 is 34.8 Å². The normalized spacial score (nSPS) is 14.7. The summed E-state index contributed by atoms with van der Waals surface area (Å²) in [6, 6.07) is 17.7. The van der Waals surface area contributed by atoms with Crippen LogP contribution in [0.25, 0.3) is 17.4 Å². The molecular weight excluding hydrogens is 442 g/mol. The lowest BCUT2D eigenvalue weighted by Gasteiger charge is -2.14. The van der Waals surface area contributed by atoms with Gasteiger partial charge in [0.05, 0.1) is 18.6 Å². The van der Waals surface area contributed by atoms with E-state index in [9.17, 15) is 14.4 Å². The zero-order valence-electron chi connectivity index (χ0n) is 18.1. The van der Waals surface area contributed by atoms with Crippen LogP contribution in [-0.2, 0) is 4.79 Å². The van der Waals surface area contributed by atoms with Gasteiger partial charge in [-0.3, -0.25) is 19.3 Å². The van der Waals surface area contributed by atoms with Crippen molar-refractivity contribution in [1.82, 2.24) is 4.90 Å². The maximum absolute atomic E-state index is 12.7. The largest absolute Gasteiger partial charge is 0.493 e. The molecule has 7 nitrogen and oxygen atoms in total. The molecule has 33 heavy (non-hydrogen) atoms. The standard InChI is InChI=1S/C25H21NO6S/c1-16(27)17-7-9-18(10-8-17)20-12-11-19(32-20)15-23-24(28)26(25(29)33-23)13-14-31-22-6-4-3-5-21(22)30-2/h3-12,15H,13-14H2,1-2H3/b23-15-. The van der Waals surface area contributed by atoms with Crippen LogP contribution in [0.1, 0.15) is 23.0 Å². The molecule has 1 fully saturated rings. The molecule has 0 N–H and O–H groups in total. The Labute approximate surface area is 195 Å². The van der Waals surface area contributed by atoms with E-state index in [0.717, 1.165) is 22.2 Å². The first-order chi connectivity index (χ1) is 16.0. The van der Waals surface area contributed by atoms with Crippen molar-refractivity contribution in [3.8, 4) is 22.8 Å². The van der Waals surface area contributed by atoms with Crippen LogP contribution >= 0.6 is 11.8 Å². The van der Waals surface area contributed by atoms with E-state index in [1.807, 2.05) is 12.1 Å². The number of hydrogen-bond acceptors (Lipinski definition) is 7. The first-order valence-electron chi connectivity index (χ1n) is 10.2. The molecule has 0 unspecified atom stereocenters. The summed E-state index contributed by atoms with van der Waals surface area (Å²) in [6.07, 6.45) is 1.55. The summed E-state index contributed by atoms with van der Waals surface area (Å²) >= 11 is 0.862. The third-order valence-corrected chi connectivity index (χ3v) is 5.90. The third kappa shape index (κ3) is 5.01. The summed E-state index contributed by atoms with van der Waals surface area (Å²) < 4.78 is 16.7. The summed E-state index contributed by atoms with van der Waals surface area (Å²) in [5.41, 5.74) is 1.43. The number of thioether (sulfide) groups is 1. The molecule has 168 valence electrons. The number of imide groups is 1. The smallest absolute Gasteiger partial charge is 0.293 e. The number of carbonyl (C=O) groups is 3. The van der Waals surface area contributed by atoms with Gasteiger partial charge in [-0.05, 0) is 43.0 Å². The Bertz CT molecular complexity index is 1230. The summed E-state index contributed by atoms with van der Waals surface area (Å²) in [4.78, 5) is 37.9. The monoisotopic (exact) mass is 463 g/mol. The Morgan fingerprint density at radius 3 is 2.45 bits per heavy atom. The molecule has 4 rings (SSSR count). The highest BCUT2D eigenvalue weighted by molar-refractivity contribution is 8.18. The van der Waals surface area contributed by atoms with Gasteiger partial charge in [0.1, 0.15) is 18.1 Å². The second-order valence-corrected chi connectivity index (χ2v) is 8.16. The van der Waals surface area contributed by atoms with Gasteiger partial charge in [-0.1, -0.05) is 36.4 Å². The van der Waals surface area contributed by atoms with Crippen molar-refractivity contribution in [2.75, 3.05) is 20.3 Å². The molecule has 1 saturated heterocycles. The molecule has 0 aliphatic carbocycles. The van der Waals surface area contributed by atoms with Gasteiger partial charge in [0, 0.05) is 17.2 Å². The number of hydrogen-bond donors (Lipinski definition) is 0. The molecule has 0 atom stereocenters. The fraction of sp³-hybridized carbons (Fsp3) is 0.160. The van der Waals surface area contributed by atoms with E-state index in [1.165, 1.54) is 6.92 Å². The zero-order valence-corrected chi connectivity index (χ0v) is 18.9. The average Bonchev–Trinajstić information content (AvgIpc) is 3.39. The Morgan fingerprint density at radius 1 is 1.03 bits per heavy atom. The van der Waals surface area contributed by atoms with Gasteiger partial charge in [-0.25, -0.2) is 0 Å². The van der Waals surface area contributed by atoms with Gasteiger partial charge in [-0.15, -0.1) is 0 Å². The van der Waals surface area contributed by atoms with E-state index in [0.29, 0.717) is 28.6 Å². The lowest BCUT2D eigenvalue weighted by molar-refractivity contribution is -0.123. The highest BCUT2D eigenvalue weighted by Crippen LogP contribution is 2.33. The topological polar surface area (TPSA) is 86.1 Å². The minimum Gasteiger partial charge on any atom is -0.493 e. The van der Waals surface area contributed by atoms with E-state index in [1.54, 1.807) is 61.7 Å². The SMILES string of the molecule is COc1ccccc1OCCN1C(=O)S/C(=C\c2ccc(-c3ccc(C(C)=O)cc3)o2)C1=O. The molecule has 2 heterocycles. The first-order valence-corrected chi connectivity index (χ1v) is 11.0. The Hall–Kier alpha value is -3.78. The van der Waals surface area contributed by atoms with Crippen LogP contribution in [-0.4, -0.2) is 42.1 Å². The van der Waals surface area contributed by atoms with Crippen LogP contribution in [0.15, 0.2) is 70.0 Å². The van der Waals surface area contributed by atoms with E-state index in [-0.39, 0.29) is 29.1 Å². The lowest BCUT2D eigenvalue weighted by atomic mass is 10.1. The number of benzene rings is 2. The average molecular weight is 464 g/mol. The number of methoxy groups -OCH3 is 1. The summed E-state index contributed by atoms with van der Waals surface area (Å²) in [5, 5.41) is -0.360. The number of nitrogens with zero attached hydrogens (tertiary/aromatic N) is 1. The second-order valence-electron chi connectivity index (χ2n) is 7.17. The number of carbonyl (C=O) groups excluding carboxylic acids is 3. The fourth-order valence-electron chi connectivity index (χ4n) is 3.26. The summed E-state index contributed by atoms with van der Waals surface area (Å²) in [7, 11) is 1.55. The van der Waals surface area contributed by atoms with E-state index in [2.05, 4.69) is 0 Å². The Balaban J connectivity index is 1.41. The van der Waals surface area contributed by atoms with E-state index in [4.69, 9.17) is 13.9 Å². The Kier molecular flexibility index (Phi) is 6.65. The van der Waals surface area contributed by atoms with Crippen molar-refractivity contribution in [2.24, 2.45) is 0 Å². The second kappa shape index (κ2) is 9.79. The van der Waals surface area contributed by atoms with Crippen molar-refractivity contribution in [2.45, 2.75) is 6.92 Å². The number of rotatable bonds is 8. The minimum atomic E-state index is -0.391. The van der Waals surface area contributed by atoms with Crippen molar-refractivity contribution in [3.63, 3.8) is 0 Å². The van der Waals surface area contributed by atoms with E-state index < -0.39 is 5.91 Å². The van der Waals surface area contributed by atoms with Gasteiger partial charge < -0.3 is 13.9 Å². The molecule has 8 heteroatoms. The molecule has 1 aliphatic rings. The number of amides is 2. The third-order valence-electron chi connectivity index (χ3n) is 4.99. The highest BCUT2D eigenvalue weighted by atomic mass is 32.2. The number of ether oxygens (including phenoxy) is 2. The molecule has 1 aromatic heterocycles. The van der Waals surface area contributed by atoms with Gasteiger partial charge in [0.25, 0.3) is 11.1 Å². The molecule has 0 radical (unpaired) electrons. The van der Waals surface area contributed by atoms with Gasteiger partial charge >= 0.3 is 0 Å². The number of para-hydroxylation sites is 2. The molecule has 1 aliphatic heterocycles. The zero-order chi connectivity index (χ0) is 23.4. The first kappa shape index (κ1) is 22.4. The van der Waals surface area contributed by atoms with Crippen LogP contribution in [0.5, 0.6) is 11.5 Å². The minimum absolute atomic E-state index is 0.00860. The van der Waals surface area contributed by atoms with Crippen molar-refractivity contribution in [1.29, 1.82) is 0 Å². The van der Waals surface area contributed by atoms with Crippen LogP contribution < -0.4 is 9.47 Å².